The third-order valence-corrected chi connectivity index (χ3v) is 4.33. The number of benzene rings is 1. The lowest BCUT2D eigenvalue weighted by Gasteiger charge is -2.29. The van der Waals surface area contributed by atoms with Gasteiger partial charge < -0.3 is 10.1 Å². The fourth-order valence-electron chi connectivity index (χ4n) is 1.93. The van der Waals surface area contributed by atoms with E-state index >= 15 is 0 Å². The molecule has 0 aliphatic rings. The van der Waals surface area contributed by atoms with Crippen LogP contribution in [-0.4, -0.2) is 25.4 Å². The standard InChI is InChI=1S/C15H22ClNO2/c1-4-15(5-2,10-16)11-17-14(18)12-8-6-7-9-13(12)19-3/h6-9H,4-5,10-11H2,1-3H3,(H,17,18). The van der Waals surface area contributed by atoms with Crippen molar-refractivity contribution in [3.8, 4) is 5.75 Å². The molecule has 0 unspecified atom stereocenters. The zero-order chi connectivity index (χ0) is 14.3. The Kier molecular flexibility index (Phi) is 6.16. The highest BCUT2D eigenvalue weighted by atomic mass is 35.5. The summed E-state index contributed by atoms with van der Waals surface area (Å²) in [6.07, 6.45) is 1.89. The first kappa shape index (κ1) is 15.8. The van der Waals surface area contributed by atoms with Crippen molar-refractivity contribution in [3.05, 3.63) is 29.8 Å². The molecule has 0 aliphatic heterocycles. The first-order chi connectivity index (χ1) is 9.12. The molecule has 0 saturated heterocycles. The average molecular weight is 284 g/mol. The van der Waals surface area contributed by atoms with Crippen molar-refractivity contribution >= 4 is 17.5 Å². The van der Waals surface area contributed by atoms with Crippen LogP contribution >= 0.6 is 11.6 Å². The first-order valence-corrected chi connectivity index (χ1v) is 7.13. The van der Waals surface area contributed by atoms with Crippen LogP contribution in [0.3, 0.4) is 0 Å². The number of alkyl halides is 1. The van der Waals surface area contributed by atoms with Crippen LogP contribution in [0.5, 0.6) is 5.75 Å². The second kappa shape index (κ2) is 7.39. The predicted octanol–water partition coefficient (Wildman–Crippen LogP) is 3.47. The molecule has 0 fully saturated rings. The summed E-state index contributed by atoms with van der Waals surface area (Å²) in [5.41, 5.74) is 0.528. The van der Waals surface area contributed by atoms with E-state index in [1.54, 1.807) is 19.2 Å². The summed E-state index contributed by atoms with van der Waals surface area (Å²) < 4.78 is 5.19. The second-order valence-electron chi connectivity index (χ2n) is 4.72. The minimum Gasteiger partial charge on any atom is -0.496 e. The molecule has 4 heteroatoms. The van der Waals surface area contributed by atoms with Gasteiger partial charge in [0, 0.05) is 17.8 Å². The lowest BCUT2D eigenvalue weighted by molar-refractivity contribution is 0.0929. The Bertz CT molecular complexity index is 408. The highest BCUT2D eigenvalue weighted by molar-refractivity contribution is 6.18. The number of rotatable bonds is 7. The molecular weight excluding hydrogens is 262 g/mol. The van der Waals surface area contributed by atoms with Crippen LogP contribution in [0.2, 0.25) is 0 Å². The molecule has 3 nitrogen and oxygen atoms in total. The third-order valence-electron chi connectivity index (χ3n) is 3.76. The van der Waals surface area contributed by atoms with Crippen molar-refractivity contribution in [2.45, 2.75) is 26.7 Å². The number of carbonyl (C=O) groups is 1. The van der Waals surface area contributed by atoms with Gasteiger partial charge in [0.1, 0.15) is 5.75 Å². The molecule has 0 aliphatic carbocycles. The smallest absolute Gasteiger partial charge is 0.255 e. The van der Waals surface area contributed by atoms with Crippen molar-refractivity contribution in [2.75, 3.05) is 19.5 Å². The number of hydrogen-bond acceptors (Lipinski definition) is 2. The number of ether oxygens (including phenoxy) is 1. The molecule has 0 radical (unpaired) electrons. The van der Waals surface area contributed by atoms with Gasteiger partial charge >= 0.3 is 0 Å². The molecule has 0 aromatic heterocycles. The Morgan fingerprint density at radius 3 is 2.47 bits per heavy atom. The van der Waals surface area contributed by atoms with Gasteiger partial charge in [0.2, 0.25) is 0 Å². The molecule has 1 N–H and O–H groups in total. The molecule has 0 spiro atoms. The Balaban J connectivity index is 2.75. The molecule has 0 saturated carbocycles. The van der Waals surface area contributed by atoms with E-state index < -0.39 is 0 Å². The van der Waals surface area contributed by atoms with Gasteiger partial charge in [0.05, 0.1) is 12.7 Å². The highest BCUT2D eigenvalue weighted by Gasteiger charge is 2.26. The van der Waals surface area contributed by atoms with Crippen molar-refractivity contribution in [1.82, 2.24) is 5.32 Å². The molecule has 1 amide bonds. The molecular formula is C15H22ClNO2. The third kappa shape index (κ3) is 3.87. The molecule has 19 heavy (non-hydrogen) atoms. The predicted molar refractivity (Wildman–Crippen MR) is 79.1 cm³/mol. The maximum absolute atomic E-state index is 12.2. The Hall–Kier alpha value is -1.22. The van der Waals surface area contributed by atoms with Crippen LogP contribution < -0.4 is 10.1 Å². The van der Waals surface area contributed by atoms with Crippen molar-refractivity contribution in [1.29, 1.82) is 0 Å². The Labute approximate surface area is 120 Å². The summed E-state index contributed by atoms with van der Waals surface area (Å²) in [6.45, 7) is 4.78. The van der Waals surface area contributed by atoms with Crippen molar-refractivity contribution in [2.24, 2.45) is 5.41 Å². The topological polar surface area (TPSA) is 38.3 Å². The normalized spacial score (nSPS) is 11.2. The van der Waals surface area contributed by atoms with Gasteiger partial charge in [-0.15, -0.1) is 11.6 Å². The maximum Gasteiger partial charge on any atom is 0.255 e. The van der Waals surface area contributed by atoms with Gasteiger partial charge in [-0.25, -0.2) is 0 Å². The average Bonchev–Trinajstić information content (AvgIpc) is 2.49. The fourth-order valence-corrected chi connectivity index (χ4v) is 2.40. The lowest BCUT2D eigenvalue weighted by atomic mass is 9.84. The van der Waals surface area contributed by atoms with Crippen LogP contribution in [0.15, 0.2) is 24.3 Å². The van der Waals surface area contributed by atoms with Crippen molar-refractivity contribution < 1.29 is 9.53 Å². The number of carbonyl (C=O) groups excluding carboxylic acids is 1. The van der Waals surface area contributed by atoms with E-state index in [2.05, 4.69) is 19.2 Å². The molecule has 0 heterocycles. The quantitative estimate of drug-likeness (QED) is 0.778. The minimum absolute atomic E-state index is 0.0285. The second-order valence-corrected chi connectivity index (χ2v) is 4.99. The summed E-state index contributed by atoms with van der Waals surface area (Å²) in [6, 6.07) is 7.21. The Morgan fingerprint density at radius 2 is 1.95 bits per heavy atom. The summed E-state index contributed by atoms with van der Waals surface area (Å²) in [5, 5.41) is 2.96. The van der Waals surface area contributed by atoms with Gasteiger partial charge in [0.25, 0.3) is 5.91 Å². The molecule has 0 bridgehead atoms. The zero-order valence-corrected chi connectivity index (χ0v) is 12.6. The van der Waals surface area contributed by atoms with Gasteiger partial charge in [-0.2, -0.15) is 0 Å². The van der Waals surface area contributed by atoms with Crippen LogP contribution in [0.25, 0.3) is 0 Å². The summed E-state index contributed by atoms with van der Waals surface area (Å²) >= 11 is 6.04. The number of halogens is 1. The number of amides is 1. The van der Waals surface area contributed by atoms with Gasteiger partial charge in [-0.3, -0.25) is 4.79 Å². The fraction of sp³-hybridized carbons (Fsp3) is 0.533. The number of methoxy groups -OCH3 is 1. The molecule has 0 atom stereocenters. The number of para-hydroxylation sites is 1. The number of nitrogens with one attached hydrogen (secondary N) is 1. The van der Waals surface area contributed by atoms with Gasteiger partial charge in [-0.05, 0) is 25.0 Å². The van der Waals surface area contributed by atoms with Crippen LogP contribution in [-0.2, 0) is 0 Å². The summed E-state index contributed by atoms with van der Waals surface area (Å²) in [5.74, 6) is 1.02. The monoisotopic (exact) mass is 283 g/mol. The maximum atomic E-state index is 12.2. The van der Waals surface area contributed by atoms with Crippen LogP contribution in [0.1, 0.15) is 37.0 Å². The summed E-state index contributed by atoms with van der Waals surface area (Å²) in [7, 11) is 1.56. The molecule has 106 valence electrons. The SMILES string of the molecule is CCC(CC)(CCl)CNC(=O)c1ccccc1OC. The van der Waals surface area contributed by atoms with E-state index in [-0.39, 0.29) is 11.3 Å². The van der Waals surface area contributed by atoms with E-state index in [0.717, 1.165) is 12.8 Å². The van der Waals surface area contributed by atoms with E-state index in [0.29, 0.717) is 23.7 Å². The highest BCUT2D eigenvalue weighted by Crippen LogP contribution is 2.27. The zero-order valence-electron chi connectivity index (χ0n) is 11.8. The van der Waals surface area contributed by atoms with E-state index in [1.807, 2.05) is 12.1 Å². The van der Waals surface area contributed by atoms with E-state index in [1.165, 1.54) is 0 Å². The molecule has 1 aromatic rings. The Morgan fingerprint density at radius 1 is 1.32 bits per heavy atom. The van der Waals surface area contributed by atoms with E-state index in [9.17, 15) is 4.79 Å². The van der Waals surface area contributed by atoms with Crippen LogP contribution in [0.4, 0.5) is 0 Å². The summed E-state index contributed by atoms with van der Waals surface area (Å²) in [4.78, 5) is 12.2. The first-order valence-electron chi connectivity index (χ1n) is 6.59. The number of hydrogen-bond donors (Lipinski definition) is 1. The van der Waals surface area contributed by atoms with Gasteiger partial charge in [0.15, 0.2) is 0 Å². The molecule has 1 aromatic carbocycles. The van der Waals surface area contributed by atoms with Crippen LogP contribution in [0, 0.1) is 5.41 Å². The lowest BCUT2D eigenvalue weighted by Crippen LogP contribution is -2.38. The van der Waals surface area contributed by atoms with Crippen molar-refractivity contribution in [3.63, 3.8) is 0 Å². The minimum atomic E-state index is -0.117. The molecule has 1 rings (SSSR count). The van der Waals surface area contributed by atoms with Gasteiger partial charge in [-0.1, -0.05) is 26.0 Å². The largest absolute Gasteiger partial charge is 0.496 e. The van der Waals surface area contributed by atoms with E-state index in [4.69, 9.17) is 16.3 Å².